The van der Waals surface area contributed by atoms with Gasteiger partial charge in [-0.1, -0.05) is 45.4 Å². The molecule has 302 valence electrons. The molecule has 0 bridgehead atoms. The highest BCUT2D eigenvalue weighted by Crippen LogP contribution is 2.39. The fourth-order valence-electron chi connectivity index (χ4n) is 7.71. The summed E-state index contributed by atoms with van der Waals surface area (Å²) in [6.07, 6.45) is 1.19. The van der Waals surface area contributed by atoms with E-state index in [9.17, 15) is 24.6 Å². The van der Waals surface area contributed by atoms with Gasteiger partial charge in [0, 0.05) is 30.9 Å². The van der Waals surface area contributed by atoms with Gasteiger partial charge in [-0.15, -0.1) is 0 Å². The zero-order chi connectivity index (χ0) is 40.7. The molecule has 15 heteroatoms. The fourth-order valence-corrected chi connectivity index (χ4v) is 7.71. The van der Waals surface area contributed by atoms with Gasteiger partial charge in [-0.3, -0.25) is 19.0 Å². The number of aryl methyl sites for hydroxylation is 2. The van der Waals surface area contributed by atoms with Crippen LogP contribution in [0.2, 0.25) is 0 Å². The number of hydrogen-bond donors (Lipinski definition) is 5. The summed E-state index contributed by atoms with van der Waals surface area (Å²) in [5.74, 6) is 0.221. The average Bonchev–Trinajstić information content (AvgIpc) is 3.69. The first-order chi connectivity index (χ1) is 26.6. The van der Waals surface area contributed by atoms with E-state index in [2.05, 4.69) is 25.6 Å². The lowest BCUT2D eigenvalue weighted by Crippen LogP contribution is -2.48. The third-order valence-corrected chi connectivity index (χ3v) is 10.5. The molecule has 6 N–H and O–H groups in total. The molecule has 1 aliphatic rings. The summed E-state index contributed by atoms with van der Waals surface area (Å²) in [6, 6.07) is 10.5. The molecule has 0 radical (unpaired) electrons. The summed E-state index contributed by atoms with van der Waals surface area (Å²) >= 11 is 0. The minimum absolute atomic E-state index is 0.0254. The average molecular weight is 774 g/mol. The second-order valence-electron chi connectivity index (χ2n) is 15.3. The Hall–Kier alpha value is -5.12. The number of esters is 1. The summed E-state index contributed by atoms with van der Waals surface area (Å²) in [6.45, 7) is 11.4. The summed E-state index contributed by atoms with van der Waals surface area (Å²) in [4.78, 5) is 52.1. The molecule has 2 aromatic heterocycles. The van der Waals surface area contributed by atoms with Crippen molar-refractivity contribution >= 4 is 34.8 Å². The van der Waals surface area contributed by atoms with Crippen LogP contribution in [0.1, 0.15) is 88.3 Å². The molecule has 1 saturated heterocycles. The van der Waals surface area contributed by atoms with Crippen molar-refractivity contribution in [2.75, 3.05) is 19.4 Å². The molecule has 2 unspecified atom stereocenters. The number of fused-ring (bicyclic) bond motifs is 1. The van der Waals surface area contributed by atoms with Crippen LogP contribution in [-0.2, 0) is 31.0 Å². The Labute approximate surface area is 327 Å². The third-order valence-electron chi connectivity index (χ3n) is 10.5. The van der Waals surface area contributed by atoms with E-state index < -0.39 is 42.0 Å². The second kappa shape index (κ2) is 18.2. The number of imidazole rings is 1. The number of aliphatic hydroxyl groups is 2. The summed E-state index contributed by atoms with van der Waals surface area (Å²) in [7, 11) is 1.60. The Balaban J connectivity index is 1.28. The van der Waals surface area contributed by atoms with E-state index in [0.29, 0.717) is 55.6 Å². The van der Waals surface area contributed by atoms with E-state index in [0.717, 1.165) is 28.0 Å². The van der Waals surface area contributed by atoms with Crippen molar-refractivity contribution in [1.29, 1.82) is 0 Å². The topological polar surface area (TPSA) is 213 Å². The highest BCUT2D eigenvalue weighted by Gasteiger charge is 2.45. The molecule has 0 aliphatic carbocycles. The zero-order valence-corrected chi connectivity index (χ0v) is 33.2. The molecule has 1 fully saturated rings. The molecule has 2 aromatic carbocycles. The van der Waals surface area contributed by atoms with Crippen molar-refractivity contribution < 1.29 is 38.8 Å². The lowest BCUT2D eigenvalue weighted by atomic mass is 9.78. The van der Waals surface area contributed by atoms with Crippen LogP contribution in [-0.4, -0.2) is 85.5 Å². The summed E-state index contributed by atoms with van der Waals surface area (Å²) < 4.78 is 18.6. The van der Waals surface area contributed by atoms with Gasteiger partial charge >= 0.3 is 5.97 Å². The van der Waals surface area contributed by atoms with Crippen molar-refractivity contribution in [1.82, 2.24) is 30.2 Å². The molecule has 0 saturated carbocycles. The van der Waals surface area contributed by atoms with Gasteiger partial charge in [0.2, 0.25) is 11.8 Å². The predicted molar refractivity (Wildman–Crippen MR) is 210 cm³/mol. The molecule has 15 nitrogen and oxygen atoms in total. The van der Waals surface area contributed by atoms with Crippen molar-refractivity contribution in [2.24, 2.45) is 5.92 Å². The number of aliphatic hydroxyl groups excluding tert-OH is 2. The molecular formula is C41H55N7O8. The number of hydrogen-bond acceptors (Lipinski definition) is 12. The smallest absolute Gasteiger partial charge is 0.308 e. The number of nitrogens with one attached hydrogen (secondary N) is 2. The number of nitrogen functional groups attached to an aromatic ring is 1. The molecule has 4 aromatic rings. The lowest BCUT2D eigenvalue weighted by Gasteiger charge is -2.30. The van der Waals surface area contributed by atoms with Gasteiger partial charge in [-0.05, 0) is 80.3 Å². The standard InChI is InChI=1S/C41H55N7O8/c1-8-26(19-31-35(51)36(52)40(56-31)48-22-46-34-37(42)44-21-45-38(34)48)11-14-29(39(53)43-16-15-27-9-12-28(54-7)13-10-27)47-32(50)20-41(5,6)33-24(3)17-23(2)18-30(33)55-25(4)49/h9-10,12-13,17-18,21-22,26,29,31,35-36,40,51-52H,8,11,14-16,19-20H2,1-7H3,(H,43,53)(H,47,50)(H2,42,44,45)/t26-,29?,31+,35?,36-,40+/m0/s1. The SMILES string of the molecule is CC[C@@H](CCC(NC(=O)CC(C)(C)c1c(C)cc(C)cc1OC(C)=O)C(=O)NCCc1ccc(OC)cc1)C[C@H]1O[C@@H](n2cnc3c(N)ncnc32)[C@@H](O)C1O. The van der Waals surface area contributed by atoms with Crippen molar-refractivity contribution in [3.05, 3.63) is 71.3 Å². The van der Waals surface area contributed by atoms with E-state index >= 15 is 0 Å². The first kappa shape index (κ1) is 42.0. The quantitative estimate of drug-likeness (QED) is 0.0762. The highest BCUT2D eigenvalue weighted by atomic mass is 16.6. The molecule has 6 atom stereocenters. The minimum atomic E-state index is -1.25. The van der Waals surface area contributed by atoms with Gasteiger partial charge < -0.3 is 40.8 Å². The maximum atomic E-state index is 13.8. The number of carbonyl (C=O) groups is 3. The maximum Gasteiger partial charge on any atom is 0.308 e. The van der Waals surface area contributed by atoms with Crippen LogP contribution in [0, 0.1) is 19.8 Å². The Morgan fingerprint density at radius 1 is 1.05 bits per heavy atom. The Bertz CT molecular complexity index is 2000. The number of anilines is 1. The molecular weight excluding hydrogens is 718 g/mol. The monoisotopic (exact) mass is 773 g/mol. The van der Waals surface area contributed by atoms with Crippen LogP contribution in [0.3, 0.4) is 0 Å². The van der Waals surface area contributed by atoms with Crippen LogP contribution >= 0.6 is 0 Å². The molecule has 5 rings (SSSR count). The van der Waals surface area contributed by atoms with Gasteiger partial charge in [0.15, 0.2) is 17.7 Å². The fraction of sp³-hybridized carbons (Fsp3) is 0.512. The Morgan fingerprint density at radius 3 is 2.46 bits per heavy atom. The van der Waals surface area contributed by atoms with Crippen LogP contribution in [0.5, 0.6) is 11.5 Å². The zero-order valence-electron chi connectivity index (χ0n) is 33.2. The van der Waals surface area contributed by atoms with E-state index in [1.165, 1.54) is 19.6 Å². The number of nitrogens with zero attached hydrogens (tertiary/aromatic N) is 4. The van der Waals surface area contributed by atoms with Crippen molar-refractivity contribution in [2.45, 2.75) is 116 Å². The van der Waals surface area contributed by atoms with Gasteiger partial charge in [0.05, 0.1) is 19.5 Å². The Morgan fingerprint density at radius 2 is 1.79 bits per heavy atom. The van der Waals surface area contributed by atoms with Gasteiger partial charge in [0.1, 0.15) is 41.6 Å². The van der Waals surface area contributed by atoms with Crippen LogP contribution in [0.25, 0.3) is 11.2 Å². The molecule has 0 spiro atoms. The number of benzene rings is 2. The van der Waals surface area contributed by atoms with Gasteiger partial charge in [-0.25, -0.2) is 15.0 Å². The van der Waals surface area contributed by atoms with Crippen molar-refractivity contribution in [3.8, 4) is 11.5 Å². The predicted octanol–water partition coefficient (Wildman–Crippen LogP) is 3.99. The van der Waals surface area contributed by atoms with Gasteiger partial charge in [0.25, 0.3) is 0 Å². The number of aromatic nitrogens is 4. The maximum absolute atomic E-state index is 13.8. The Kier molecular flexibility index (Phi) is 13.7. The van der Waals surface area contributed by atoms with Crippen molar-refractivity contribution in [3.63, 3.8) is 0 Å². The highest BCUT2D eigenvalue weighted by molar-refractivity contribution is 5.88. The minimum Gasteiger partial charge on any atom is -0.497 e. The van der Waals surface area contributed by atoms with E-state index in [1.54, 1.807) is 17.7 Å². The number of carbonyl (C=O) groups excluding carboxylic acids is 3. The van der Waals surface area contributed by atoms with E-state index in [-0.39, 0.29) is 30.0 Å². The lowest BCUT2D eigenvalue weighted by molar-refractivity contribution is -0.132. The normalized spacial score (nSPS) is 19.4. The first-order valence-corrected chi connectivity index (χ1v) is 19.1. The summed E-state index contributed by atoms with van der Waals surface area (Å²) in [5, 5.41) is 28.1. The van der Waals surface area contributed by atoms with Gasteiger partial charge in [-0.2, -0.15) is 0 Å². The first-order valence-electron chi connectivity index (χ1n) is 19.1. The molecule has 3 heterocycles. The summed E-state index contributed by atoms with van der Waals surface area (Å²) in [5.41, 5.74) is 9.52. The number of rotatable bonds is 17. The van der Waals surface area contributed by atoms with Crippen LogP contribution in [0.4, 0.5) is 5.82 Å². The number of methoxy groups -OCH3 is 1. The number of ether oxygens (including phenoxy) is 3. The van der Waals surface area contributed by atoms with E-state index in [1.807, 2.05) is 65.0 Å². The molecule has 56 heavy (non-hydrogen) atoms. The van der Waals surface area contributed by atoms with Crippen LogP contribution < -0.4 is 25.8 Å². The molecule has 2 amide bonds. The second-order valence-corrected chi connectivity index (χ2v) is 15.3. The van der Waals surface area contributed by atoms with Crippen LogP contribution in [0.15, 0.2) is 49.1 Å². The molecule has 1 aliphatic heterocycles. The number of amides is 2. The van der Waals surface area contributed by atoms with E-state index in [4.69, 9.17) is 19.9 Å². The number of nitrogens with two attached hydrogens (primary N) is 1. The largest absolute Gasteiger partial charge is 0.497 e. The third kappa shape index (κ3) is 10.00.